The number of rotatable bonds is 1. The van der Waals surface area contributed by atoms with Gasteiger partial charge in [0.15, 0.2) is 0 Å². The molecule has 0 N–H and O–H groups in total. The quantitative estimate of drug-likeness (QED) is 0.459. The molecular formula is C7H6BN3S. The fourth-order valence-electron chi connectivity index (χ4n) is 1.01. The van der Waals surface area contributed by atoms with Gasteiger partial charge in [0.05, 0.1) is 11.7 Å². The Balaban J connectivity index is 2.66. The predicted octanol–water partition coefficient (Wildman–Crippen LogP) is 0.245. The van der Waals surface area contributed by atoms with Gasteiger partial charge in [-0.05, 0) is 12.3 Å². The van der Waals surface area contributed by atoms with E-state index in [4.69, 9.17) is 7.85 Å². The van der Waals surface area contributed by atoms with Gasteiger partial charge < -0.3 is 0 Å². The van der Waals surface area contributed by atoms with Crippen LogP contribution < -0.4 is 5.46 Å². The average Bonchev–Trinajstić information content (AvgIpc) is 2.43. The lowest BCUT2D eigenvalue weighted by Crippen LogP contribution is -1.97. The summed E-state index contributed by atoms with van der Waals surface area (Å²) in [4.78, 5) is 4.11. The van der Waals surface area contributed by atoms with Crippen LogP contribution in [0.15, 0.2) is 23.6 Å². The molecular weight excluding hydrogens is 169 g/mol. The summed E-state index contributed by atoms with van der Waals surface area (Å²) in [5.74, 6) is 0. The summed E-state index contributed by atoms with van der Waals surface area (Å²) in [6.45, 7) is 0. The molecule has 0 aliphatic heterocycles. The SMILES string of the molecule is [B]c1cc2cnc(SC)nn2c1. The molecule has 0 aromatic carbocycles. The largest absolute Gasteiger partial charge is 0.237 e. The Labute approximate surface area is 75.6 Å². The van der Waals surface area contributed by atoms with Crippen LogP contribution in [-0.2, 0) is 0 Å². The number of nitrogens with zero attached hydrogens (tertiary/aromatic N) is 3. The van der Waals surface area contributed by atoms with Crippen molar-refractivity contribution in [1.82, 2.24) is 14.6 Å². The van der Waals surface area contributed by atoms with Crippen molar-refractivity contribution in [3.8, 4) is 0 Å². The summed E-state index contributed by atoms with van der Waals surface area (Å²) in [6, 6.07) is 1.84. The third kappa shape index (κ3) is 1.20. The van der Waals surface area contributed by atoms with E-state index >= 15 is 0 Å². The fourth-order valence-corrected chi connectivity index (χ4v) is 1.33. The average molecular weight is 175 g/mol. The van der Waals surface area contributed by atoms with Gasteiger partial charge in [0.1, 0.15) is 7.85 Å². The number of hydrogen-bond donors (Lipinski definition) is 0. The molecule has 2 heterocycles. The zero-order valence-corrected chi connectivity index (χ0v) is 7.38. The van der Waals surface area contributed by atoms with Crippen LogP contribution in [0.25, 0.3) is 5.52 Å². The molecule has 0 saturated carbocycles. The number of hydrogen-bond acceptors (Lipinski definition) is 3. The lowest BCUT2D eigenvalue weighted by Gasteiger charge is -1.94. The van der Waals surface area contributed by atoms with Crippen LogP contribution in [0.4, 0.5) is 0 Å². The maximum Gasteiger partial charge on any atom is 0.207 e. The van der Waals surface area contributed by atoms with Gasteiger partial charge in [-0.2, -0.15) is 0 Å². The second-order valence-electron chi connectivity index (χ2n) is 2.39. The molecule has 0 amide bonds. The first kappa shape index (κ1) is 7.67. The van der Waals surface area contributed by atoms with Crippen molar-refractivity contribution in [2.75, 3.05) is 6.26 Å². The first-order chi connectivity index (χ1) is 5.79. The molecule has 0 saturated heterocycles. The Morgan fingerprint density at radius 3 is 3.17 bits per heavy atom. The summed E-state index contributed by atoms with van der Waals surface area (Å²) < 4.78 is 1.73. The number of fused-ring (bicyclic) bond motifs is 1. The van der Waals surface area contributed by atoms with Crippen molar-refractivity contribution in [3.05, 3.63) is 18.5 Å². The molecule has 0 aliphatic carbocycles. The minimum Gasteiger partial charge on any atom is -0.237 e. The van der Waals surface area contributed by atoms with Crippen LogP contribution in [0.3, 0.4) is 0 Å². The highest BCUT2D eigenvalue weighted by atomic mass is 32.2. The highest BCUT2D eigenvalue weighted by molar-refractivity contribution is 7.98. The normalized spacial score (nSPS) is 10.8. The Morgan fingerprint density at radius 2 is 2.42 bits per heavy atom. The Kier molecular flexibility index (Phi) is 1.80. The maximum atomic E-state index is 5.59. The topological polar surface area (TPSA) is 30.2 Å². The van der Waals surface area contributed by atoms with Crippen LogP contribution in [0, 0.1) is 0 Å². The molecule has 0 spiro atoms. The van der Waals surface area contributed by atoms with Crippen molar-refractivity contribution in [3.63, 3.8) is 0 Å². The molecule has 2 aromatic rings. The Bertz CT molecular complexity index is 412. The van der Waals surface area contributed by atoms with Gasteiger partial charge in [-0.15, -0.1) is 5.10 Å². The van der Waals surface area contributed by atoms with Gasteiger partial charge in [-0.25, -0.2) is 9.50 Å². The molecule has 0 unspecified atom stereocenters. The smallest absolute Gasteiger partial charge is 0.207 e. The van der Waals surface area contributed by atoms with E-state index in [0.717, 1.165) is 10.7 Å². The highest BCUT2D eigenvalue weighted by Gasteiger charge is 1.98. The fraction of sp³-hybridized carbons (Fsp3) is 0.143. The number of aromatic nitrogens is 3. The Morgan fingerprint density at radius 1 is 1.58 bits per heavy atom. The molecule has 58 valence electrons. The van der Waals surface area contributed by atoms with Gasteiger partial charge in [0, 0.05) is 6.20 Å². The first-order valence-corrected chi connectivity index (χ1v) is 4.67. The van der Waals surface area contributed by atoms with E-state index in [-0.39, 0.29) is 0 Å². The van der Waals surface area contributed by atoms with E-state index in [9.17, 15) is 0 Å². The standard InChI is InChI=1S/C7H6BN3S/c1-12-7-9-3-6-2-5(8)4-11(6)10-7/h2-4H,1H3. The predicted molar refractivity (Wildman–Crippen MR) is 50.2 cm³/mol. The monoisotopic (exact) mass is 175 g/mol. The minimum absolute atomic E-state index is 0.711. The lowest BCUT2D eigenvalue weighted by atomic mass is 10.0. The zero-order valence-electron chi connectivity index (χ0n) is 6.56. The molecule has 0 bridgehead atoms. The van der Waals surface area contributed by atoms with Crippen LogP contribution in [0.1, 0.15) is 0 Å². The van der Waals surface area contributed by atoms with Crippen molar-refractivity contribution in [2.45, 2.75) is 5.16 Å². The van der Waals surface area contributed by atoms with Crippen molar-refractivity contribution in [1.29, 1.82) is 0 Å². The summed E-state index contributed by atoms with van der Waals surface area (Å²) in [6.07, 6.45) is 5.47. The third-order valence-corrected chi connectivity index (χ3v) is 2.09. The van der Waals surface area contributed by atoms with E-state index in [2.05, 4.69) is 10.1 Å². The summed E-state index contributed by atoms with van der Waals surface area (Å²) in [7, 11) is 5.59. The third-order valence-electron chi connectivity index (χ3n) is 1.53. The van der Waals surface area contributed by atoms with Gasteiger partial charge in [-0.3, -0.25) is 0 Å². The molecule has 12 heavy (non-hydrogen) atoms. The van der Waals surface area contributed by atoms with Gasteiger partial charge >= 0.3 is 0 Å². The molecule has 3 nitrogen and oxygen atoms in total. The lowest BCUT2D eigenvalue weighted by molar-refractivity contribution is 0.800. The van der Waals surface area contributed by atoms with E-state index in [0.29, 0.717) is 5.46 Å². The molecule has 2 aromatic heterocycles. The van der Waals surface area contributed by atoms with Crippen molar-refractivity contribution in [2.24, 2.45) is 0 Å². The number of thioether (sulfide) groups is 1. The second kappa shape index (κ2) is 2.82. The van der Waals surface area contributed by atoms with E-state index < -0.39 is 0 Å². The van der Waals surface area contributed by atoms with Gasteiger partial charge in [-0.1, -0.05) is 17.2 Å². The Hall–Kier alpha value is -0.965. The molecule has 0 aliphatic rings. The molecule has 2 radical (unpaired) electrons. The molecule has 5 heteroatoms. The highest BCUT2D eigenvalue weighted by Crippen LogP contribution is 2.07. The van der Waals surface area contributed by atoms with Crippen molar-refractivity contribution >= 4 is 30.6 Å². The maximum absolute atomic E-state index is 5.59. The van der Waals surface area contributed by atoms with E-state index in [1.54, 1.807) is 16.9 Å². The van der Waals surface area contributed by atoms with Crippen molar-refractivity contribution < 1.29 is 0 Å². The molecule has 0 atom stereocenters. The summed E-state index contributed by atoms with van der Waals surface area (Å²) >= 11 is 1.51. The molecule has 0 fully saturated rings. The summed E-state index contributed by atoms with van der Waals surface area (Å²) in [5, 5.41) is 4.95. The van der Waals surface area contributed by atoms with E-state index in [1.165, 1.54) is 11.8 Å². The van der Waals surface area contributed by atoms with Crippen LogP contribution >= 0.6 is 11.8 Å². The first-order valence-electron chi connectivity index (χ1n) is 3.44. The molecule has 2 rings (SSSR count). The van der Waals surface area contributed by atoms with Crippen LogP contribution in [0.2, 0.25) is 0 Å². The zero-order chi connectivity index (χ0) is 8.55. The van der Waals surface area contributed by atoms with E-state index in [1.807, 2.05) is 12.3 Å². The van der Waals surface area contributed by atoms with Crippen LogP contribution in [0.5, 0.6) is 0 Å². The minimum atomic E-state index is 0.711. The van der Waals surface area contributed by atoms with Gasteiger partial charge in [0.2, 0.25) is 5.16 Å². The summed E-state index contributed by atoms with van der Waals surface area (Å²) in [5.41, 5.74) is 1.63. The van der Waals surface area contributed by atoms with Crippen LogP contribution in [-0.4, -0.2) is 28.7 Å². The van der Waals surface area contributed by atoms with Gasteiger partial charge in [0.25, 0.3) is 0 Å². The second-order valence-corrected chi connectivity index (χ2v) is 3.16.